The van der Waals surface area contributed by atoms with Crippen LogP contribution in [0.1, 0.15) is 6.42 Å². The van der Waals surface area contributed by atoms with Crippen molar-refractivity contribution in [3.05, 3.63) is 0 Å². The highest BCUT2D eigenvalue weighted by molar-refractivity contribution is 5.82. The number of carbonyl (C=O) groups is 2. The number of hydrogen-bond donors (Lipinski definition) is 5. The molecule has 2 aliphatic heterocycles. The molecule has 0 aromatic carbocycles. The van der Waals surface area contributed by atoms with Crippen molar-refractivity contribution >= 4 is 11.8 Å². The fraction of sp³-hybridized carbons (Fsp3) is 0.909. The summed E-state index contributed by atoms with van der Waals surface area (Å²) in [6, 6.07) is -1.60. The maximum absolute atomic E-state index is 12.5. The van der Waals surface area contributed by atoms with Crippen LogP contribution in [0.25, 0.3) is 0 Å². The van der Waals surface area contributed by atoms with E-state index in [9.17, 15) is 33.0 Å². The third-order valence-corrected chi connectivity index (χ3v) is 5.69. The second kappa shape index (κ2) is 17.2. The maximum Gasteiger partial charge on any atom is 0.471 e. The molecule has 0 aliphatic carbocycles. The van der Waals surface area contributed by atoms with Gasteiger partial charge in [0, 0.05) is 19.5 Å². The van der Waals surface area contributed by atoms with Crippen LogP contribution in [0.5, 0.6) is 0 Å². The number of nitrogens with two attached hydrogens (primary N) is 1. The maximum atomic E-state index is 12.5. The first-order valence-corrected chi connectivity index (χ1v) is 12.5. The average Bonchev–Trinajstić information content (AvgIpc) is 3.29. The molecule has 0 radical (unpaired) electrons. The molecule has 0 aromatic heterocycles. The molecule has 39 heavy (non-hydrogen) atoms. The Labute approximate surface area is 223 Å². The van der Waals surface area contributed by atoms with Crippen molar-refractivity contribution in [3.8, 4) is 0 Å². The minimum absolute atomic E-state index is 0.0980. The van der Waals surface area contributed by atoms with Gasteiger partial charge in [-0.25, -0.2) is 0 Å². The molecule has 2 amide bonds. The highest BCUT2D eigenvalue weighted by Gasteiger charge is 2.60. The standard InChI is InChI=1S/C22H38F3N3O11/c23-22(24,25)20(32)28-16-17(30)18(31)21(14-38-19(16)39-21)13-37-12-11-36-10-9-35-8-7-34-6-3-27-15(29)1-4-33-5-2-26/h16-19,30-31H,1-14,26H2,(H,27,29)(H,28,32)/t16-,17+,18+,19-,21-/m0/s1. The van der Waals surface area contributed by atoms with Crippen molar-refractivity contribution in [1.82, 2.24) is 10.6 Å². The van der Waals surface area contributed by atoms with Crippen molar-refractivity contribution in [1.29, 1.82) is 0 Å². The van der Waals surface area contributed by atoms with E-state index in [0.29, 0.717) is 52.7 Å². The summed E-state index contributed by atoms with van der Waals surface area (Å²) in [4.78, 5) is 22.7. The van der Waals surface area contributed by atoms with E-state index in [1.54, 1.807) is 5.32 Å². The van der Waals surface area contributed by atoms with Gasteiger partial charge in [0.25, 0.3) is 0 Å². The van der Waals surface area contributed by atoms with Crippen molar-refractivity contribution in [2.45, 2.75) is 42.7 Å². The number of carbonyl (C=O) groups excluding carboxylic acids is 2. The second-order valence-electron chi connectivity index (χ2n) is 8.69. The van der Waals surface area contributed by atoms with Crippen molar-refractivity contribution in [2.75, 3.05) is 85.8 Å². The molecule has 0 spiro atoms. The summed E-state index contributed by atoms with van der Waals surface area (Å²) in [6.07, 6.45) is -9.70. The van der Waals surface area contributed by atoms with Crippen molar-refractivity contribution in [3.63, 3.8) is 0 Å². The summed E-state index contributed by atoms with van der Waals surface area (Å²) < 4.78 is 75.0. The molecule has 0 aromatic rings. The quantitative estimate of drug-likeness (QED) is 0.0953. The lowest BCUT2D eigenvalue weighted by molar-refractivity contribution is -0.240. The largest absolute Gasteiger partial charge is 0.471 e. The molecular formula is C22H38F3N3O11. The van der Waals surface area contributed by atoms with Crippen LogP contribution >= 0.6 is 0 Å². The Kier molecular flexibility index (Phi) is 14.8. The van der Waals surface area contributed by atoms with Gasteiger partial charge in [0.1, 0.15) is 23.9 Å². The van der Waals surface area contributed by atoms with Crippen LogP contribution in [0.3, 0.4) is 0 Å². The lowest BCUT2D eigenvalue weighted by Gasteiger charge is -2.42. The summed E-state index contributed by atoms with van der Waals surface area (Å²) in [5.74, 6) is -2.41. The first-order chi connectivity index (χ1) is 18.6. The predicted octanol–water partition coefficient (Wildman–Crippen LogP) is -2.57. The van der Waals surface area contributed by atoms with E-state index >= 15 is 0 Å². The number of fused-ring (bicyclic) bond motifs is 2. The monoisotopic (exact) mass is 577 g/mol. The molecule has 2 aliphatic rings. The van der Waals surface area contributed by atoms with Gasteiger partial charge in [0.05, 0.1) is 72.7 Å². The molecule has 2 bridgehead atoms. The SMILES string of the molecule is NCCOCCC(=O)NCCOCCOCCOCCOC[C@@]12CO[C@@H](O1)[C@@H](NC(=O)C(F)(F)F)[C@@H](O)[C@H]2O. The number of halogens is 3. The van der Waals surface area contributed by atoms with Crippen LogP contribution in [0.4, 0.5) is 13.2 Å². The van der Waals surface area contributed by atoms with E-state index < -0.39 is 42.2 Å². The van der Waals surface area contributed by atoms with Gasteiger partial charge in [-0.1, -0.05) is 0 Å². The van der Waals surface area contributed by atoms with Gasteiger partial charge in [0.15, 0.2) is 6.29 Å². The zero-order valence-corrected chi connectivity index (χ0v) is 21.5. The number of alkyl halides is 3. The minimum atomic E-state index is -5.17. The highest BCUT2D eigenvalue weighted by Crippen LogP contribution is 2.37. The number of rotatable bonds is 20. The fourth-order valence-electron chi connectivity index (χ4n) is 3.68. The van der Waals surface area contributed by atoms with Gasteiger partial charge in [-0.05, 0) is 0 Å². The van der Waals surface area contributed by atoms with Gasteiger partial charge in [0.2, 0.25) is 5.91 Å². The topological polar surface area (TPSA) is 189 Å². The lowest BCUT2D eigenvalue weighted by atomic mass is 9.88. The summed E-state index contributed by atoms with van der Waals surface area (Å²) >= 11 is 0. The zero-order valence-electron chi connectivity index (χ0n) is 21.5. The minimum Gasteiger partial charge on any atom is -0.388 e. The second-order valence-corrected chi connectivity index (χ2v) is 8.69. The lowest BCUT2D eigenvalue weighted by Crippen LogP contribution is -2.67. The van der Waals surface area contributed by atoms with Crippen LogP contribution in [0, 0.1) is 0 Å². The molecule has 14 nitrogen and oxygen atoms in total. The third-order valence-electron chi connectivity index (χ3n) is 5.69. The van der Waals surface area contributed by atoms with Crippen LogP contribution < -0.4 is 16.4 Å². The van der Waals surface area contributed by atoms with Gasteiger partial charge in [-0.2, -0.15) is 13.2 Å². The van der Waals surface area contributed by atoms with E-state index in [1.165, 1.54) is 0 Å². The summed E-state index contributed by atoms with van der Waals surface area (Å²) in [6.45, 7) is 2.96. The molecule has 2 heterocycles. The summed E-state index contributed by atoms with van der Waals surface area (Å²) in [5.41, 5.74) is 3.79. The van der Waals surface area contributed by atoms with Crippen molar-refractivity contribution in [2.24, 2.45) is 5.73 Å². The number of aliphatic hydroxyl groups is 2. The number of amides is 2. The molecule has 0 saturated carbocycles. The first kappa shape index (κ1) is 33.5. The molecular weight excluding hydrogens is 539 g/mol. The molecule has 228 valence electrons. The molecule has 2 fully saturated rings. The normalized spacial score (nSPS) is 26.5. The third kappa shape index (κ3) is 11.4. The Morgan fingerprint density at radius 2 is 1.51 bits per heavy atom. The van der Waals surface area contributed by atoms with Gasteiger partial charge >= 0.3 is 12.1 Å². The van der Waals surface area contributed by atoms with Gasteiger partial charge in [-0.3, -0.25) is 9.59 Å². The highest BCUT2D eigenvalue weighted by atomic mass is 19.4. The Morgan fingerprint density at radius 3 is 2.13 bits per heavy atom. The van der Waals surface area contributed by atoms with E-state index in [-0.39, 0.29) is 45.4 Å². The van der Waals surface area contributed by atoms with Crippen LogP contribution in [-0.4, -0.2) is 144 Å². The van der Waals surface area contributed by atoms with Crippen molar-refractivity contribution < 1.29 is 66.1 Å². The Bertz CT molecular complexity index is 737. The van der Waals surface area contributed by atoms with Crippen LogP contribution in [0.15, 0.2) is 0 Å². The summed E-state index contributed by atoms with van der Waals surface area (Å²) in [7, 11) is 0. The van der Waals surface area contributed by atoms with E-state index in [2.05, 4.69) is 5.32 Å². The first-order valence-electron chi connectivity index (χ1n) is 12.5. The Hall–Kier alpha value is -1.67. The number of hydrogen-bond acceptors (Lipinski definition) is 12. The molecule has 0 unspecified atom stereocenters. The fourth-order valence-corrected chi connectivity index (χ4v) is 3.68. The van der Waals surface area contributed by atoms with Crippen LogP contribution in [-0.2, 0) is 42.7 Å². The average molecular weight is 578 g/mol. The smallest absolute Gasteiger partial charge is 0.388 e. The molecule has 6 N–H and O–H groups in total. The molecule has 17 heteroatoms. The molecule has 5 atom stereocenters. The van der Waals surface area contributed by atoms with Crippen LogP contribution in [0.2, 0.25) is 0 Å². The zero-order chi connectivity index (χ0) is 28.7. The van der Waals surface area contributed by atoms with E-state index in [4.69, 9.17) is 38.9 Å². The van der Waals surface area contributed by atoms with Gasteiger partial charge in [-0.15, -0.1) is 0 Å². The number of aliphatic hydroxyl groups excluding tert-OH is 2. The Morgan fingerprint density at radius 1 is 0.923 bits per heavy atom. The molecule has 2 rings (SSSR count). The Balaban J connectivity index is 1.45. The van der Waals surface area contributed by atoms with Gasteiger partial charge < -0.3 is 59.7 Å². The number of nitrogens with one attached hydrogen (secondary N) is 2. The predicted molar refractivity (Wildman–Crippen MR) is 124 cm³/mol. The number of ether oxygens (including phenoxy) is 7. The van der Waals surface area contributed by atoms with E-state index in [1.807, 2.05) is 0 Å². The summed E-state index contributed by atoms with van der Waals surface area (Å²) in [5, 5.41) is 24.9. The van der Waals surface area contributed by atoms with E-state index in [0.717, 1.165) is 0 Å². The molecule has 2 saturated heterocycles.